The van der Waals surface area contributed by atoms with Crippen molar-refractivity contribution in [1.29, 1.82) is 0 Å². The Balaban J connectivity index is 1.31. The van der Waals surface area contributed by atoms with Crippen molar-refractivity contribution in [2.24, 2.45) is 0 Å². The molecule has 0 saturated heterocycles. The number of amides is 1. The molecule has 0 saturated carbocycles. The Bertz CT molecular complexity index is 1130. The van der Waals surface area contributed by atoms with E-state index in [0.717, 1.165) is 5.56 Å². The van der Waals surface area contributed by atoms with Crippen LogP contribution in [-0.4, -0.2) is 32.9 Å². The first-order chi connectivity index (χ1) is 15.3. The molecule has 4 aromatic rings. The third-order valence-electron chi connectivity index (χ3n) is 5.60. The zero-order valence-electron chi connectivity index (χ0n) is 16.8. The molecule has 0 spiro atoms. The van der Waals surface area contributed by atoms with Gasteiger partial charge in [0.1, 0.15) is 12.9 Å². The van der Waals surface area contributed by atoms with Crippen molar-refractivity contribution in [2.45, 2.75) is 18.5 Å². The van der Waals surface area contributed by atoms with E-state index in [1.807, 2.05) is 54.6 Å². The predicted molar refractivity (Wildman–Crippen MR) is 115 cm³/mol. The molecule has 7 heteroatoms. The molecule has 0 unspecified atom stereocenters. The minimum atomic E-state index is -0.469. The summed E-state index contributed by atoms with van der Waals surface area (Å²) in [6.07, 6.45) is 1.05. The summed E-state index contributed by atoms with van der Waals surface area (Å²) in [4.78, 5) is 12.7. The van der Waals surface area contributed by atoms with Gasteiger partial charge in [0, 0.05) is 5.92 Å². The normalized spacial score (nSPS) is 13.3. The third-order valence-corrected chi connectivity index (χ3v) is 5.60. The molecule has 1 amide bonds. The van der Waals surface area contributed by atoms with Crippen LogP contribution < -0.4 is 5.32 Å². The average Bonchev–Trinajstić information content (AvgIpc) is 3.44. The van der Waals surface area contributed by atoms with Gasteiger partial charge >= 0.3 is 6.09 Å². The second kappa shape index (κ2) is 8.39. The summed E-state index contributed by atoms with van der Waals surface area (Å²) in [6.45, 7) is 0.674. The van der Waals surface area contributed by atoms with Crippen molar-refractivity contribution in [3.8, 4) is 11.1 Å². The number of rotatable bonds is 6. The number of hydrogen-bond acceptors (Lipinski definition) is 5. The number of carbonyl (C=O) groups is 1. The highest BCUT2D eigenvalue weighted by molar-refractivity contribution is 5.79. The van der Waals surface area contributed by atoms with Crippen LogP contribution in [0.3, 0.4) is 0 Å². The summed E-state index contributed by atoms with van der Waals surface area (Å²) >= 11 is 0. The van der Waals surface area contributed by atoms with Gasteiger partial charge in [-0.2, -0.15) is 0 Å². The Kier molecular flexibility index (Phi) is 5.14. The number of hydrogen-bond donors (Lipinski definition) is 1. The fourth-order valence-electron chi connectivity index (χ4n) is 4.15. The van der Waals surface area contributed by atoms with Gasteiger partial charge in [0.25, 0.3) is 0 Å². The van der Waals surface area contributed by atoms with Crippen LogP contribution in [0, 0.1) is 0 Å². The van der Waals surface area contributed by atoms with E-state index < -0.39 is 6.09 Å². The van der Waals surface area contributed by atoms with Crippen molar-refractivity contribution in [2.75, 3.05) is 6.61 Å². The maximum Gasteiger partial charge on any atom is 0.407 e. The molecule has 3 aromatic carbocycles. The number of aromatic nitrogens is 4. The fraction of sp³-hybridized carbons (Fsp3) is 0.167. The second-order valence-corrected chi connectivity index (χ2v) is 7.47. The summed E-state index contributed by atoms with van der Waals surface area (Å²) in [5.41, 5.74) is 5.72. The summed E-state index contributed by atoms with van der Waals surface area (Å²) < 4.78 is 7.28. The maximum absolute atomic E-state index is 12.7. The molecule has 1 N–H and O–H groups in total. The van der Waals surface area contributed by atoms with Crippen molar-refractivity contribution in [3.05, 3.63) is 102 Å². The largest absolute Gasteiger partial charge is 0.449 e. The minimum Gasteiger partial charge on any atom is -0.449 e. The standard InChI is InChI=1S/C24H21N5O2/c30-24(26-23(14-29-16-25-27-28-29)17-8-2-1-3-9-17)31-15-22-20-12-6-4-10-18(20)19-11-5-7-13-21(19)22/h1-13,16,22-23H,14-15H2,(H,26,30)/t23-/m1/s1. The van der Waals surface area contributed by atoms with Crippen molar-refractivity contribution < 1.29 is 9.53 Å². The van der Waals surface area contributed by atoms with Crippen LogP contribution in [-0.2, 0) is 11.3 Å². The van der Waals surface area contributed by atoms with E-state index in [1.54, 1.807) is 4.68 Å². The van der Waals surface area contributed by atoms with E-state index in [0.29, 0.717) is 6.54 Å². The van der Waals surface area contributed by atoms with Gasteiger partial charge in [-0.25, -0.2) is 9.48 Å². The SMILES string of the molecule is O=C(N[C@H](Cn1cnnn1)c1ccccc1)OCC1c2ccccc2-c2ccccc21. The number of nitrogens with one attached hydrogen (secondary N) is 1. The van der Waals surface area contributed by atoms with E-state index in [-0.39, 0.29) is 18.6 Å². The van der Waals surface area contributed by atoms with Crippen LogP contribution in [0.1, 0.15) is 28.7 Å². The first-order valence-electron chi connectivity index (χ1n) is 10.2. The van der Waals surface area contributed by atoms with E-state index in [2.05, 4.69) is 45.1 Å². The van der Waals surface area contributed by atoms with Crippen molar-refractivity contribution in [3.63, 3.8) is 0 Å². The number of benzene rings is 3. The van der Waals surface area contributed by atoms with E-state index in [9.17, 15) is 4.79 Å². The van der Waals surface area contributed by atoms with E-state index in [4.69, 9.17) is 4.74 Å². The minimum absolute atomic E-state index is 0.0211. The molecule has 154 valence electrons. The van der Waals surface area contributed by atoms with E-state index >= 15 is 0 Å². The van der Waals surface area contributed by atoms with Crippen LogP contribution in [0.4, 0.5) is 4.79 Å². The highest BCUT2D eigenvalue weighted by Crippen LogP contribution is 2.44. The number of alkyl carbamates (subject to hydrolysis) is 1. The van der Waals surface area contributed by atoms with Gasteiger partial charge in [-0.15, -0.1) is 5.10 Å². The Labute approximate surface area is 179 Å². The smallest absolute Gasteiger partial charge is 0.407 e. The molecule has 1 atom stereocenters. The lowest BCUT2D eigenvalue weighted by Crippen LogP contribution is -2.33. The summed E-state index contributed by atoms with van der Waals surface area (Å²) in [5.74, 6) is 0.0211. The van der Waals surface area contributed by atoms with Crippen LogP contribution in [0.15, 0.2) is 85.2 Å². The molecular weight excluding hydrogens is 390 g/mol. The second-order valence-electron chi connectivity index (χ2n) is 7.47. The van der Waals surface area contributed by atoms with Gasteiger partial charge in [-0.3, -0.25) is 0 Å². The molecular formula is C24H21N5O2. The lowest BCUT2D eigenvalue weighted by atomic mass is 9.98. The summed E-state index contributed by atoms with van der Waals surface area (Å²) in [6, 6.07) is 26.0. The van der Waals surface area contributed by atoms with Crippen LogP contribution in [0.5, 0.6) is 0 Å². The lowest BCUT2D eigenvalue weighted by molar-refractivity contribution is 0.137. The lowest BCUT2D eigenvalue weighted by Gasteiger charge is -2.20. The molecule has 0 radical (unpaired) electrons. The van der Waals surface area contributed by atoms with Crippen molar-refractivity contribution >= 4 is 6.09 Å². The average molecular weight is 411 g/mol. The molecule has 31 heavy (non-hydrogen) atoms. The Morgan fingerprint density at radius 1 is 0.935 bits per heavy atom. The molecule has 5 rings (SSSR count). The number of carbonyl (C=O) groups excluding carboxylic acids is 1. The molecule has 0 fully saturated rings. The monoisotopic (exact) mass is 411 g/mol. The molecule has 7 nitrogen and oxygen atoms in total. The van der Waals surface area contributed by atoms with Gasteiger partial charge < -0.3 is 10.1 Å². The zero-order valence-corrected chi connectivity index (χ0v) is 16.8. The Hall–Kier alpha value is -4.00. The zero-order chi connectivity index (χ0) is 21.0. The Morgan fingerprint density at radius 3 is 2.23 bits per heavy atom. The highest BCUT2D eigenvalue weighted by Gasteiger charge is 2.29. The molecule has 0 bridgehead atoms. The molecule has 0 aliphatic heterocycles. The van der Waals surface area contributed by atoms with Crippen LogP contribution >= 0.6 is 0 Å². The topological polar surface area (TPSA) is 81.9 Å². The van der Waals surface area contributed by atoms with Gasteiger partial charge in [-0.05, 0) is 38.2 Å². The molecule has 1 aliphatic rings. The number of nitrogens with zero attached hydrogens (tertiary/aromatic N) is 4. The van der Waals surface area contributed by atoms with Crippen LogP contribution in [0.25, 0.3) is 11.1 Å². The molecule has 1 aromatic heterocycles. The third kappa shape index (κ3) is 3.90. The summed E-state index contributed by atoms with van der Waals surface area (Å²) in [7, 11) is 0. The highest BCUT2D eigenvalue weighted by atomic mass is 16.5. The molecule has 1 heterocycles. The maximum atomic E-state index is 12.7. The number of tetrazole rings is 1. The quantitative estimate of drug-likeness (QED) is 0.519. The van der Waals surface area contributed by atoms with Crippen molar-refractivity contribution in [1.82, 2.24) is 25.5 Å². The van der Waals surface area contributed by atoms with Gasteiger partial charge in [0.15, 0.2) is 0 Å². The summed E-state index contributed by atoms with van der Waals surface area (Å²) in [5, 5.41) is 14.2. The number of fused-ring (bicyclic) bond motifs is 3. The first-order valence-corrected chi connectivity index (χ1v) is 10.2. The van der Waals surface area contributed by atoms with Gasteiger partial charge in [0.2, 0.25) is 0 Å². The van der Waals surface area contributed by atoms with Crippen LogP contribution in [0.2, 0.25) is 0 Å². The van der Waals surface area contributed by atoms with Gasteiger partial charge in [0.05, 0.1) is 12.6 Å². The molecule has 1 aliphatic carbocycles. The van der Waals surface area contributed by atoms with E-state index in [1.165, 1.54) is 28.6 Å². The number of ether oxygens (including phenoxy) is 1. The Morgan fingerprint density at radius 2 is 1.58 bits per heavy atom. The first kappa shape index (κ1) is 19.0. The fourth-order valence-corrected chi connectivity index (χ4v) is 4.15. The van der Waals surface area contributed by atoms with Gasteiger partial charge in [-0.1, -0.05) is 78.9 Å². The predicted octanol–water partition coefficient (Wildman–Crippen LogP) is 3.95.